The van der Waals surface area contributed by atoms with Crippen molar-refractivity contribution in [3.05, 3.63) is 34.8 Å². The Hall–Kier alpha value is -1.97. The van der Waals surface area contributed by atoms with E-state index in [0.717, 1.165) is 30.9 Å². The Kier molecular flexibility index (Phi) is 7.66. The molecule has 1 aliphatic heterocycles. The number of hydrogen-bond donors (Lipinski definition) is 1. The van der Waals surface area contributed by atoms with Crippen LogP contribution in [0.1, 0.15) is 17.5 Å². The first-order valence-corrected chi connectivity index (χ1v) is 8.15. The van der Waals surface area contributed by atoms with Crippen LogP contribution in [0.25, 0.3) is 0 Å². The van der Waals surface area contributed by atoms with E-state index >= 15 is 0 Å². The number of anilines is 2. The summed E-state index contributed by atoms with van der Waals surface area (Å²) in [4.78, 5) is 19.3. The van der Waals surface area contributed by atoms with Gasteiger partial charge in [0.05, 0.1) is 39.2 Å². The average molecular weight is 400 g/mol. The SMILES string of the molecule is C1COCCO1.CCOC(=O)c1cnc(Nc2cc(Br)ccn2)o1. The zero-order chi connectivity index (χ0) is 17.2. The van der Waals surface area contributed by atoms with Crippen molar-refractivity contribution in [2.24, 2.45) is 0 Å². The van der Waals surface area contributed by atoms with Crippen molar-refractivity contribution in [2.45, 2.75) is 6.92 Å². The number of hydrogen-bond acceptors (Lipinski definition) is 8. The molecule has 0 amide bonds. The van der Waals surface area contributed by atoms with Crippen molar-refractivity contribution in [1.82, 2.24) is 9.97 Å². The third-order valence-electron chi connectivity index (χ3n) is 2.68. The maximum Gasteiger partial charge on any atom is 0.376 e. The van der Waals surface area contributed by atoms with Crippen LogP contribution in [-0.2, 0) is 14.2 Å². The molecule has 2 aromatic rings. The number of esters is 1. The molecule has 0 aliphatic carbocycles. The number of ether oxygens (including phenoxy) is 3. The number of rotatable bonds is 4. The fourth-order valence-corrected chi connectivity index (χ4v) is 1.99. The van der Waals surface area contributed by atoms with Crippen LogP contribution in [0.4, 0.5) is 11.8 Å². The molecule has 0 aromatic carbocycles. The lowest BCUT2D eigenvalue weighted by Crippen LogP contribution is -2.16. The van der Waals surface area contributed by atoms with Gasteiger partial charge in [-0.2, -0.15) is 0 Å². The molecule has 0 saturated carbocycles. The molecule has 1 N–H and O–H groups in total. The third kappa shape index (κ3) is 6.26. The Morgan fingerprint density at radius 1 is 1.29 bits per heavy atom. The van der Waals surface area contributed by atoms with Crippen LogP contribution in [0.2, 0.25) is 0 Å². The van der Waals surface area contributed by atoms with Crippen LogP contribution in [0.5, 0.6) is 0 Å². The smallest absolute Gasteiger partial charge is 0.376 e. The monoisotopic (exact) mass is 399 g/mol. The van der Waals surface area contributed by atoms with Gasteiger partial charge in [0.2, 0.25) is 5.76 Å². The summed E-state index contributed by atoms with van der Waals surface area (Å²) in [7, 11) is 0. The van der Waals surface area contributed by atoms with Gasteiger partial charge in [-0.05, 0) is 19.1 Å². The first kappa shape index (κ1) is 18.4. The standard InChI is InChI=1S/C11H10BrN3O3.C4H8O2/c1-2-17-10(16)8-6-14-11(18-8)15-9-5-7(12)3-4-13-9;1-2-6-4-3-5-1/h3-6H,2H2,1H3,(H,13,14,15);1-4H2. The molecule has 1 fully saturated rings. The number of nitrogens with zero attached hydrogens (tertiary/aromatic N) is 2. The van der Waals surface area contributed by atoms with E-state index in [2.05, 4.69) is 31.2 Å². The van der Waals surface area contributed by atoms with Crippen LogP contribution >= 0.6 is 15.9 Å². The van der Waals surface area contributed by atoms with Gasteiger partial charge in [0.15, 0.2) is 0 Å². The highest BCUT2D eigenvalue weighted by Gasteiger charge is 2.13. The summed E-state index contributed by atoms with van der Waals surface area (Å²) in [5, 5.41) is 2.84. The Morgan fingerprint density at radius 2 is 2.00 bits per heavy atom. The minimum atomic E-state index is -0.541. The Bertz CT molecular complexity index is 634. The molecule has 9 heteroatoms. The lowest BCUT2D eigenvalue weighted by molar-refractivity contribution is -0.0334. The van der Waals surface area contributed by atoms with Gasteiger partial charge in [-0.15, -0.1) is 0 Å². The van der Waals surface area contributed by atoms with E-state index in [4.69, 9.17) is 18.6 Å². The molecule has 3 rings (SSSR count). The van der Waals surface area contributed by atoms with Crippen LogP contribution in [-0.4, -0.2) is 49.0 Å². The number of carbonyl (C=O) groups is 1. The van der Waals surface area contributed by atoms with E-state index in [1.165, 1.54) is 6.20 Å². The molecule has 0 atom stereocenters. The van der Waals surface area contributed by atoms with Crippen LogP contribution < -0.4 is 5.32 Å². The van der Waals surface area contributed by atoms with Crippen LogP contribution in [0, 0.1) is 0 Å². The Labute approximate surface area is 147 Å². The van der Waals surface area contributed by atoms with Gasteiger partial charge < -0.3 is 18.6 Å². The Balaban J connectivity index is 0.000000292. The summed E-state index contributed by atoms with van der Waals surface area (Å²) < 4.78 is 20.7. The number of carbonyl (C=O) groups excluding carboxylic acids is 1. The third-order valence-corrected chi connectivity index (χ3v) is 3.18. The molecule has 0 unspecified atom stereocenters. The fourth-order valence-electron chi connectivity index (χ4n) is 1.65. The summed E-state index contributed by atoms with van der Waals surface area (Å²) in [6.45, 7) is 5.12. The summed E-state index contributed by atoms with van der Waals surface area (Å²) >= 11 is 3.32. The van der Waals surface area contributed by atoms with Gasteiger partial charge >= 0.3 is 12.0 Å². The first-order chi connectivity index (χ1) is 11.7. The summed E-state index contributed by atoms with van der Waals surface area (Å²) in [5.41, 5.74) is 0. The summed E-state index contributed by atoms with van der Waals surface area (Å²) in [6.07, 6.45) is 2.93. The average Bonchev–Trinajstić information content (AvgIpc) is 3.06. The number of nitrogens with one attached hydrogen (secondary N) is 1. The van der Waals surface area contributed by atoms with Gasteiger partial charge in [0.25, 0.3) is 0 Å². The van der Waals surface area contributed by atoms with E-state index in [1.54, 1.807) is 25.3 Å². The van der Waals surface area contributed by atoms with E-state index in [0.29, 0.717) is 5.82 Å². The molecule has 0 bridgehead atoms. The highest BCUT2D eigenvalue weighted by atomic mass is 79.9. The first-order valence-electron chi connectivity index (χ1n) is 7.36. The molecule has 0 radical (unpaired) electrons. The second kappa shape index (κ2) is 10.0. The molecule has 24 heavy (non-hydrogen) atoms. The second-order valence-electron chi connectivity index (χ2n) is 4.46. The molecule has 3 heterocycles. The van der Waals surface area contributed by atoms with Crippen molar-refractivity contribution in [1.29, 1.82) is 0 Å². The molecule has 1 saturated heterocycles. The van der Waals surface area contributed by atoms with Gasteiger partial charge in [-0.3, -0.25) is 5.32 Å². The van der Waals surface area contributed by atoms with Gasteiger partial charge in [-0.25, -0.2) is 14.8 Å². The second-order valence-corrected chi connectivity index (χ2v) is 5.37. The van der Waals surface area contributed by atoms with E-state index in [9.17, 15) is 4.79 Å². The lowest BCUT2D eigenvalue weighted by Gasteiger charge is -2.09. The van der Waals surface area contributed by atoms with E-state index < -0.39 is 5.97 Å². The van der Waals surface area contributed by atoms with Crippen molar-refractivity contribution in [3.63, 3.8) is 0 Å². The zero-order valence-electron chi connectivity index (χ0n) is 13.2. The maximum atomic E-state index is 11.4. The minimum Gasteiger partial charge on any atom is -0.460 e. The van der Waals surface area contributed by atoms with Crippen molar-refractivity contribution in [2.75, 3.05) is 38.4 Å². The largest absolute Gasteiger partial charge is 0.460 e. The fraction of sp³-hybridized carbons (Fsp3) is 0.400. The van der Waals surface area contributed by atoms with Gasteiger partial charge in [0, 0.05) is 10.7 Å². The van der Waals surface area contributed by atoms with Crippen LogP contribution in [0.15, 0.2) is 33.4 Å². The highest BCUT2D eigenvalue weighted by molar-refractivity contribution is 9.10. The van der Waals surface area contributed by atoms with Crippen LogP contribution in [0.3, 0.4) is 0 Å². The number of oxazole rings is 1. The minimum absolute atomic E-state index is 0.0503. The molecule has 8 nitrogen and oxygen atoms in total. The van der Waals surface area contributed by atoms with Crippen molar-refractivity contribution >= 4 is 33.7 Å². The summed E-state index contributed by atoms with van der Waals surface area (Å²) in [5.74, 6) is 0.0660. The lowest BCUT2D eigenvalue weighted by atomic mass is 10.5. The summed E-state index contributed by atoms with van der Waals surface area (Å²) in [6, 6.07) is 3.74. The number of aromatic nitrogens is 2. The van der Waals surface area contributed by atoms with Crippen molar-refractivity contribution < 1.29 is 23.4 Å². The van der Waals surface area contributed by atoms with E-state index in [1.807, 2.05) is 0 Å². The molecule has 0 spiro atoms. The molecule has 130 valence electrons. The van der Waals surface area contributed by atoms with E-state index in [-0.39, 0.29) is 18.4 Å². The molecule has 2 aromatic heterocycles. The Morgan fingerprint density at radius 3 is 2.58 bits per heavy atom. The molecular formula is C15H18BrN3O5. The number of halogens is 1. The predicted molar refractivity (Wildman–Crippen MR) is 89.3 cm³/mol. The quantitative estimate of drug-likeness (QED) is 0.783. The highest BCUT2D eigenvalue weighted by Crippen LogP contribution is 2.18. The molecule has 1 aliphatic rings. The zero-order valence-corrected chi connectivity index (χ0v) is 14.7. The predicted octanol–water partition coefficient (Wildman–Crippen LogP) is 2.79. The van der Waals surface area contributed by atoms with Gasteiger partial charge in [-0.1, -0.05) is 15.9 Å². The van der Waals surface area contributed by atoms with Gasteiger partial charge in [0.1, 0.15) is 5.82 Å². The normalized spacial score (nSPS) is 13.6. The number of pyridine rings is 1. The van der Waals surface area contributed by atoms with Crippen molar-refractivity contribution in [3.8, 4) is 0 Å². The maximum absolute atomic E-state index is 11.4. The molecular weight excluding hydrogens is 382 g/mol. The topological polar surface area (TPSA) is 95.7 Å².